The number of carbonyl (C=O) groups excluding carboxylic acids is 1. The number of sulfonamides is 1. The fourth-order valence-corrected chi connectivity index (χ4v) is 4.77. The number of hydrogen-bond donors (Lipinski definition) is 1. The van der Waals surface area contributed by atoms with E-state index in [2.05, 4.69) is 5.32 Å². The van der Waals surface area contributed by atoms with Gasteiger partial charge in [-0.2, -0.15) is 0 Å². The number of nitrogens with zero attached hydrogens (tertiary/aromatic N) is 1. The first kappa shape index (κ1) is 22.5. The Morgan fingerprint density at radius 1 is 1.00 bits per heavy atom. The third-order valence-corrected chi connectivity index (χ3v) is 6.77. The van der Waals surface area contributed by atoms with Crippen LogP contribution in [0.1, 0.15) is 12.5 Å². The maximum Gasteiger partial charge on any atom is 0.264 e. The fraction of sp³-hybridized carbons (Fsp3) is 0.208. The maximum absolute atomic E-state index is 13.4. The molecule has 1 aliphatic rings. The fourth-order valence-electron chi connectivity index (χ4n) is 3.35. The molecule has 4 rings (SSSR count). The maximum atomic E-state index is 13.4. The molecule has 0 saturated carbocycles. The molecule has 33 heavy (non-hydrogen) atoms. The molecule has 0 saturated heterocycles. The van der Waals surface area contributed by atoms with Crippen molar-refractivity contribution >= 4 is 21.6 Å². The monoisotopic (exact) mass is 468 g/mol. The Labute approximate surface area is 192 Å². The van der Waals surface area contributed by atoms with Crippen molar-refractivity contribution in [2.24, 2.45) is 0 Å². The van der Waals surface area contributed by atoms with Crippen molar-refractivity contribution in [2.75, 3.05) is 24.2 Å². The van der Waals surface area contributed by atoms with E-state index in [1.54, 1.807) is 54.6 Å². The van der Waals surface area contributed by atoms with Crippen LogP contribution in [-0.4, -0.2) is 34.3 Å². The van der Waals surface area contributed by atoms with Crippen LogP contribution in [-0.2, 0) is 21.4 Å². The van der Waals surface area contributed by atoms with E-state index in [-0.39, 0.29) is 24.8 Å². The molecule has 0 aromatic heterocycles. The van der Waals surface area contributed by atoms with E-state index in [0.29, 0.717) is 29.5 Å². The third kappa shape index (κ3) is 5.20. The number of nitrogens with one attached hydrogen (secondary N) is 1. The molecule has 3 aromatic carbocycles. The van der Waals surface area contributed by atoms with Crippen molar-refractivity contribution in [3.63, 3.8) is 0 Å². The zero-order valence-electron chi connectivity index (χ0n) is 18.1. The van der Waals surface area contributed by atoms with Crippen molar-refractivity contribution in [2.45, 2.75) is 18.4 Å². The lowest BCUT2D eigenvalue weighted by atomic mass is 10.2. The molecule has 8 nitrogen and oxygen atoms in total. The number of amides is 1. The number of rotatable bonds is 9. The van der Waals surface area contributed by atoms with Crippen molar-refractivity contribution < 1.29 is 27.4 Å². The van der Waals surface area contributed by atoms with Gasteiger partial charge in [-0.3, -0.25) is 9.10 Å². The van der Waals surface area contributed by atoms with Gasteiger partial charge < -0.3 is 19.5 Å². The second-order valence-corrected chi connectivity index (χ2v) is 9.08. The molecular weight excluding hydrogens is 444 g/mol. The van der Waals surface area contributed by atoms with Crippen LogP contribution in [0.4, 0.5) is 5.69 Å². The van der Waals surface area contributed by atoms with Gasteiger partial charge in [-0.05, 0) is 61.0 Å². The quantitative estimate of drug-likeness (QED) is 0.518. The lowest BCUT2D eigenvalue weighted by Crippen LogP contribution is -2.40. The molecular formula is C24H24N2O6S. The van der Waals surface area contributed by atoms with Gasteiger partial charge >= 0.3 is 0 Å². The van der Waals surface area contributed by atoms with Gasteiger partial charge in [-0.1, -0.05) is 24.3 Å². The first-order valence-electron chi connectivity index (χ1n) is 10.4. The summed E-state index contributed by atoms with van der Waals surface area (Å²) in [5, 5.41) is 2.78. The molecule has 1 aliphatic heterocycles. The number of carbonyl (C=O) groups is 1. The Morgan fingerprint density at radius 2 is 1.73 bits per heavy atom. The molecule has 0 unspecified atom stereocenters. The largest absolute Gasteiger partial charge is 0.494 e. The van der Waals surface area contributed by atoms with E-state index in [1.807, 2.05) is 13.0 Å². The molecule has 1 N–H and O–H groups in total. The van der Waals surface area contributed by atoms with Crippen molar-refractivity contribution in [3.8, 4) is 17.2 Å². The summed E-state index contributed by atoms with van der Waals surface area (Å²) >= 11 is 0. The molecule has 0 atom stereocenters. The summed E-state index contributed by atoms with van der Waals surface area (Å²) < 4.78 is 44.0. The van der Waals surface area contributed by atoms with Crippen LogP contribution in [0, 0.1) is 0 Å². The standard InChI is InChI=1S/C24H24N2O6S/c1-2-30-20-9-11-21(12-10-20)33(28,29)26(19-6-4-3-5-7-19)16-24(27)25-15-18-8-13-22-23(14-18)32-17-31-22/h3-14H,2,15-17H2,1H3,(H,25,27). The van der Waals surface area contributed by atoms with Crippen LogP contribution in [0.15, 0.2) is 77.7 Å². The van der Waals surface area contributed by atoms with Crippen LogP contribution < -0.4 is 23.8 Å². The summed E-state index contributed by atoms with van der Waals surface area (Å²) in [6, 6.07) is 20.0. The summed E-state index contributed by atoms with van der Waals surface area (Å²) in [6.07, 6.45) is 0. The Bertz CT molecular complexity index is 1210. The minimum absolute atomic E-state index is 0.0679. The highest BCUT2D eigenvalue weighted by atomic mass is 32.2. The average Bonchev–Trinajstić information content (AvgIpc) is 3.30. The van der Waals surface area contributed by atoms with Crippen LogP contribution >= 0.6 is 0 Å². The third-order valence-electron chi connectivity index (χ3n) is 4.98. The SMILES string of the molecule is CCOc1ccc(S(=O)(=O)N(CC(=O)NCc2ccc3c(c2)OCO3)c2ccccc2)cc1. The Hall–Kier alpha value is -3.72. The van der Waals surface area contributed by atoms with E-state index in [0.717, 1.165) is 9.87 Å². The van der Waals surface area contributed by atoms with Crippen molar-refractivity contribution in [3.05, 3.63) is 78.4 Å². The predicted octanol–water partition coefficient (Wildman–Crippen LogP) is 3.33. The van der Waals surface area contributed by atoms with Gasteiger partial charge in [0.05, 0.1) is 17.2 Å². The zero-order valence-corrected chi connectivity index (χ0v) is 18.9. The molecule has 3 aromatic rings. The lowest BCUT2D eigenvalue weighted by Gasteiger charge is -2.24. The van der Waals surface area contributed by atoms with Gasteiger partial charge in [-0.15, -0.1) is 0 Å². The normalized spacial score (nSPS) is 12.3. The Morgan fingerprint density at radius 3 is 2.45 bits per heavy atom. The van der Waals surface area contributed by atoms with Gasteiger partial charge in [0.15, 0.2) is 11.5 Å². The first-order chi connectivity index (χ1) is 16.0. The van der Waals surface area contributed by atoms with E-state index in [9.17, 15) is 13.2 Å². The van der Waals surface area contributed by atoms with Crippen LogP contribution in [0.2, 0.25) is 0 Å². The number of benzene rings is 3. The number of para-hydroxylation sites is 1. The van der Waals surface area contributed by atoms with Crippen molar-refractivity contribution in [1.29, 1.82) is 0 Å². The van der Waals surface area contributed by atoms with Gasteiger partial charge in [-0.25, -0.2) is 8.42 Å². The van der Waals surface area contributed by atoms with Gasteiger partial charge in [0.25, 0.3) is 10.0 Å². The molecule has 1 heterocycles. The topological polar surface area (TPSA) is 94.2 Å². The molecule has 0 spiro atoms. The van der Waals surface area contributed by atoms with Gasteiger partial charge in [0.2, 0.25) is 12.7 Å². The minimum atomic E-state index is -3.99. The molecule has 0 aliphatic carbocycles. The smallest absolute Gasteiger partial charge is 0.264 e. The predicted molar refractivity (Wildman–Crippen MR) is 123 cm³/mol. The second kappa shape index (κ2) is 9.83. The highest BCUT2D eigenvalue weighted by molar-refractivity contribution is 7.92. The highest BCUT2D eigenvalue weighted by Crippen LogP contribution is 2.32. The summed E-state index contributed by atoms with van der Waals surface area (Å²) in [5.41, 5.74) is 1.21. The lowest BCUT2D eigenvalue weighted by molar-refractivity contribution is -0.119. The summed E-state index contributed by atoms with van der Waals surface area (Å²) in [6.45, 7) is 2.35. The Kier molecular flexibility index (Phi) is 6.69. The minimum Gasteiger partial charge on any atom is -0.494 e. The summed E-state index contributed by atoms with van der Waals surface area (Å²) in [5.74, 6) is 1.41. The van der Waals surface area contributed by atoms with E-state index in [1.165, 1.54) is 12.1 Å². The molecule has 1 amide bonds. The number of hydrogen-bond acceptors (Lipinski definition) is 6. The highest BCUT2D eigenvalue weighted by Gasteiger charge is 2.27. The van der Waals surface area contributed by atoms with E-state index >= 15 is 0 Å². The number of anilines is 1. The average molecular weight is 469 g/mol. The number of fused-ring (bicyclic) bond motifs is 1. The van der Waals surface area contributed by atoms with E-state index in [4.69, 9.17) is 14.2 Å². The zero-order chi connectivity index (χ0) is 23.3. The second-order valence-electron chi connectivity index (χ2n) is 7.22. The van der Waals surface area contributed by atoms with Gasteiger partial charge in [0, 0.05) is 6.54 Å². The van der Waals surface area contributed by atoms with Gasteiger partial charge in [0.1, 0.15) is 12.3 Å². The van der Waals surface area contributed by atoms with Crippen LogP contribution in [0.25, 0.3) is 0 Å². The molecule has 172 valence electrons. The Balaban J connectivity index is 1.51. The molecule has 0 fully saturated rings. The van der Waals surface area contributed by atoms with Crippen LogP contribution in [0.5, 0.6) is 17.2 Å². The summed E-state index contributed by atoms with van der Waals surface area (Å²) in [7, 11) is -3.99. The van der Waals surface area contributed by atoms with E-state index < -0.39 is 15.9 Å². The molecule has 0 radical (unpaired) electrons. The van der Waals surface area contributed by atoms with Crippen LogP contribution in [0.3, 0.4) is 0 Å². The first-order valence-corrected chi connectivity index (χ1v) is 11.9. The number of ether oxygens (including phenoxy) is 3. The molecule has 0 bridgehead atoms. The van der Waals surface area contributed by atoms with Crippen molar-refractivity contribution in [1.82, 2.24) is 5.32 Å². The summed E-state index contributed by atoms with van der Waals surface area (Å²) in [4.78, 5) is 12.8. The molecule has 9 heteroatoms.